The zero-order valence-electron chi connectivity index (χ0n) is 8.49. The molecule has 0 saturated heterocycles. The monoisotopic (exact) mass is 236 g/mol. The van der Waals surface area contributed by atoms with Crippen molar-refractivity contribution in [3.05, 3.63) is 34.4 Å². The third-order valence-corrected chi connectivity index (χ3v) is 2.23. The lowest BCUT2D eigenvalue weighted by Gasteiger charge is -2.04. The highest BCUT2D eigenvalue weighted by atomic mass is 32.1. The third kappa shape index (κ3) is 2.06. The first-order valence-electron chi connectivity index (χ1n) is 4.56. The number of aromatic amines is 1. The second kappa shape index (κ2) is 3.97. The predicted octanol–water partition coefficient (Wildman–Crippen LogP) is 2.23. The number of nitrogen functional groups attached to an aromatic ring is 1. The van der Waals surface area contributed by atoms with Gasteiger partial charge in [-0.05, 0) is 31.3 Å². The van der Waals surface area contributed by atoms with Crippen LogP contribution in [-0.2, 0) is 0 Å². The van der Waals surface area contributed by atoms with E-state index in [-0.39, 0.29) is 16.5 Å². The van der Waals surface area contributed by atoms with Gasteiger partial charge < -0.3 is 10.7 Å². The number of aryl methyl sites for hydroxylation is 1. The summed E-state index contributed by atoms with van der Waals surface area (Å²) in [7, 11) is 0. The van der Waals surface area contributed by atoms with Crippen LogP contribution in [0.4, 0.5) is 10.3 Å². The average Bonchev–Trinajstić information content (AvgIpc) is 2.20. The minimum Gasteiger partial charge on any atom is -0.369 e. The number of nitrogens with zero attached hydrogens (tertiary/aromatic N) is 2. The Labute approximate surface area is 96.4 Å². The number of hydrogen-bond acceptors (Lipinski definition) is 4. The van der Waals surface area contributed by atoms with Gasteiger partial charge >= 0.3 is 0 Å². The van der Waals surface area contributed by atoms with Crippen molar-refractivity contribution in [3.8, 4) is 11.4 Å². The molecule has 0 amide bonds. The molecule has 1 aromatic heterocycles. The Morgan fingerprint density at radius 3 is 2.81 bits per heavy atom. The molecule has 0 spiro atoms. The van der Waals surface area contributed by atoms with Crippen molar-refractivity contribution >= 4 is 18.2 Å². The lowest BCUT2D eigenvalue weighted by atomic mass is 10.1. The summed E-state index contributed by atoms with van der Waals surface area (Å²) in [6.07, 6.45) is 0. The fourth-order valence-electron chi connectivity index (χ4n) is 1.35. The predicted molar refractivity (Wildman–Crippen MR) is 61.8 cm³/mol. The van der Waals surface area contributed by atoms with E-state index in [1.165, 1.54) is 6.07 Å². The summed E-state index contributed by atoms with van der Waals surface area (Å²) in [5.41, 5.74) is 6.75. The Kier molecular flexibility index (Phi) is 2.66. The molecule has 0 unspecified atom stereocenters. The number of hydrogen-bond donors (Lipinski definition) is 2. The van der Waals surface area contributed by atoms with Crippen LogP contribution in [0.25, 0.3) is 11.4 Å². The van der Waals surface area contributed by atoms with E-state index in [2.05, 4.69) is 15.0 Å². The molecular formula is C10H9FN4S. The highest BCUT2D eigenvalue weighted by Gasteiger charge is 2.08. The van der Waals surface area contributed by atoms with Gasteiger partial charge in [0.1, 0.15) is 11.6 Å². The molecule has 0 bridgehead atoms. The van der Waals surface area contributed by atoms with Crippen LogP contribution in [0.1, 0.15) is 5.56 Å². The molecule has 0 fully saturated rings. The first-order valence-corrected chi connectivity index (χ1v) is 4.97. The molecule has 0 saturated carbocycles. The van der Waals surface area contributed by atoms with E-state index < -0.39 is 0 Å². The summed E-state index contributed by atoms with van der Waals surface area (Å²) in [4.78, 5) is 10.3. The van der Waals surface area contributed by atoms with Crippen LogP contribution < -0.4 is 5.73 Å². The molecule has 0 aliphatic heterocycles. The maximum Gasteiger partial charge on any atom is 0.224 e. The van der Waals surface area contributed by atoms with Gasteiger partial charge in [0.25, 0.3) is 0 Å². The summed E-state index contributed by atoms with van der Waals surface area (Å²) in [6.45, 7) is 1.86. The van der Waals surface area contributed by atoms with Crippen LogP contribution in [0.15, 0.2) is 18.2 Å². The first-order chi connectivity index (χ1) is 7.56. The van der Waals surface area contributed by atoms with Crippen LogP contribution in [0, 0.1) is 17.5 Å². The van der Waals surface area contributed by atoms with Gasteiger partial charge in [0, 0.05) is 0 Å². The van der Waals surface area contributed by atoms with E-state index in [0.29, 0.717) is 11.4 Å². The summed E-state index contributed by atoms with van der Waals surface area (Å²) in [5.74, 6) is 0.0314. The number of H-pyrrole nitrogens is 1. The van der Waals surface area contributed by atoms with E-state index in [1.54, 1.807) is 12.1 Å². The second-order valence-corrected chi connectivity index (χ2v) is 3.71. The number of nitrogens with two attached hydrogens (primary N) is 1. The van der Waals surface area contributed by atoms with E-state index in [0.717, 1.165) is 5.56 Å². The van der Waals surface area contributed by atoms with Crippen LogP contribution in [0.3, 0.4) is 0 Å². The molecule has 6 heteroatoms. The topological polar surface area (TPSA) is 67.6 Å². The number of aromatic nitrogens is 3. The minimum atomic E-state index is -0.380. The molecule has 2 rings (SSSR count). The molecule has 1 aromatic carbocycles. The van der Waals surface area contributed by atoms with Crippen molar-refractivity contribution < 1.29 is 4.39 Å². The quantitative estimate of drug-likeness (QED) is 0.745. The van der Waals surface area contributed by atoms with Crippen molar-refractivity contribution in [1.29, 1.82) is 0 Å². The normalized spacial score (nSPS) is 10.4. The molecule has 0 aliphatic carbocycles. The third-order valence-electron chi connectivity index (χ3n) is 2.05. The van der Waals surface area contributed by atoms with Crippen molar-refractivity contribution in [1.82, 2.24) is 15.0 Å². The van der Waals surface area contributed by atoms with Gasteiger partial charge in [-0.3, -0.25) is 0 Å². The van der Waals surface area contributed by atoms with E-state index in [9.17, 15) is 4.39 Å². The van der Waals surface area contributed by atoms with Gasteiger partial charge in [0.15, 0.2) is 0 Å². The summed E-state index contributed by atoms with van der Waals surface area (Å²) >= 11 is 4.82. The van der Waals surface area contributed by atoms with Crippen molar-refractivity contribution in [2.45, 2.75) is 6.92 Å². The smallest absolute Gasteiger partial charge is 0.224 e. The Bertz CT molecular complexity index is 594. The highest BCUT2D eigenvalue weighted by Crippen LogP contribution is 2.20. The SMILES string of the molecule is Cc1ccc(F)c(-c2nc(=S)nc(N)[nH]2)c1. The zero-order valence-corrected chi connectivity index (χ0v) is 9.31. The standard InChI is InChI=1S/C10H9FN4S/c1-5-2-3-7(11)6(4-5)8-13-9(12)15-10(16)14-8/h2-4H,1H3,(H3,12,13,14,15,16). The van der Waals surface area contributed by atoms with Crippen LogP contribution in [-0.4, -0.2) is 15.0 Å². The van der Waals surface area contributed by atoms with E-state index in [1.807, 2.05) is 6.92 Å². The molecule has 1 heterocycles. The van der Waals surface area contributed by atoms with Gasteiger partial charge in [-0.1, -0.05) is 11.6 Å². The average molecular weight is 236 g/mol. The zero-order chi connectivity index (χ0) is 11.7. The Balaban J connectivity index is 2.66. The molecule has 0 aliphatic rings. The maximum absolute atomic E-state index is 13.6. The largest absolute Gasteiger partial charge is 0.369 e. The number of rotatable bonds is 1. The van der Waals surface area contributed by atoms with Gasteiger partial charge in [-0.25, -0.2) is 9.37 Å². The lowest BCUT2D eigenvalue weighted by Crippen LogP contribution is -2.01. The summed E-state index contributed by atoms with van der Waals surface area (Å²) < 4.78 is 13.7. The molecule has 4 nitrogen and oxygen atoms in total. The molecular weight excluding hydrogens is 227 g/mol. The molecule has 16 heavy (non-hydrogen) atoms. The fraction of sp³-hybridized carbons (Fsp3) is 0.100. The second-order valence-electron chi connectivity index (χ2n) is 3.35. The molecule has 82 valence electrons. The van der Waals surface area contributed by atoms with E-state index >= 15 is 0 Å². The number of nitrogens with one attached hydrogen (secondary N) is 1. The van der Waals surface area contributed by atoms with Gasteiger partial charge in [0.2, 0.25) is 10.7 Å². The summed E-state index contributed by atoms with van der Waals surface area (Å²) in [6, 6.07) is 4.72. The highest BCUT2D eigenvalue weighted by molar-refractivity contribution is 7.71. The van der Waals surface area contributed by atoms with Crippen LogP contribution in [0.5, 0.6) is 0 Å². The van der Waals surface area contributed by atoms with Crippen LogP contribution >= 0.6 is 12.2 Å². The molecule has 0 radical (unpaired) electrons. The summed E-state index contributed by atoms with van der Waals surface area (Å²) in [5, 5.41) is 0. The van der Waals surface area contributed by atoms with Gasteiger partial charge in [0.05, 0.1) is 5.56 Å². The minimum absolute atomic E-state index is 0.0900. The molecule has 2 aromatic rings. The van der Waals surface area contributed by atoms with Crippen molar-refractivity contribution in [2.75, 3.05) is 5.73 Å². The van der Waals surface area contributed by atoms with Crippen molar-refractivity contribution in [3.63, 3.8) is 0 Å². The lowest BCUT2D eigenvalue weighted by molar-refractivity contribution is 0.629. The maximum atomic E-state index is 13.6. The van der Waals surface area contributed by atoms with Crippen LogP contribution in [0.2, 0.25) is 0 Å². The van der Waals surface area contributed by atoms with E-state index in [4.69, 9.17) is 18.0 Å². The molecule has 3 N–H and O–H groups in total. The van der Waals surface area contributed by atoms with Gasteiger partial charge in [-0.15, -0.1) is 0 Å². The first kappa shape index (κ1) is 10.7. The fourth-order valence-corrected chi connectivity index (χ4v) is 1.54. The number of anilines is 1. The Morgan fingerprint density at radius 1 is 1.38 bits per heavy atom. The van der Waals surface area contributed by atoms with Gasteiger partial charge in [-0.2, -0.15) is 4.98 Å². The number of halogens is 1. The van der Waals surface area contributed by atoms with Crippen molar-refractivity contribution in [2.24, 2.45) is 0 Å². The Hall–Kier alpha value is -1.82. The Morgan fingerprint density at radius 2 is 2.12 bits per heavy atom. The number of benzene rings is 1. The molecule has 0 atom stereocenters.